The fourth-order valence-electron chi connectivity index (χ4n) is 2.91. The van der Waals surface area contributed by atoms with Crippen molar-refractivity contribution in [2.24, 2.45) is 5.92 Å². The largest absolute Gasteiger partial charge is 0.374 e. The zero-order valence-electron chi connectivity index (χ0n) is 11.5. The molecule has 2 fully saturated rings. The molecular weight excluding hydrogens is 210 g/mol. The molecule has 0 heterocycles. The van der Waals surface area contributed by atoms with Crippen LogP contribution in [0.2, 0.25) is 0 Å². The molecule has 100 valence electrons. The zero-order valence-corrected chi connectivity index (χ0v) is 11.5. The Bertz CT molecular complexity index is 207. The highest BCUT2D eigenvalue weighted by atomic mass is 16.5. The van der Waals surface area contributed by atoms with Gasteiger partial charge in [-0.2, -0.15) is 0 Å². The van der Waals surface area contributed by atoms with Gasteiger partial charge in [0.15, 0.2) is 0 Å². The van der Waals surface area contributed by atoms with E-state index in [1.165, 1.54) is 57.8 Å². The summed E-state index contributed by atoms with van der Waals surface area (Å²) in [6.45, 7) is 5.44. The van der Waals surface area contributed by atoms with Crippen LogP contribution in [0.3, 0.4) is 0 Å². The first kappa shape index (κ1) is 13.4. The minimum atomic E-state index is 0.183. The zero-order chi connectivity index (χ0) is 12.0. The lowest BCUT2D eigenvalue weighted by atomic mass is 9.84. The van der Waals surface area contributed by atoms with Gasteiger partial charge in [0.1, 0.15) is 0 Å². The Labute approximate surface area is 107 Å². The first-order valence-corrected chi connectivity index (χ1v) is 7.69. The van der Waals surface area contributed by atoms with E-state index in [1.807, 2.05) is 0 Å². The fraction of sp³-hybridized carbons (Fsp3) is 1.00. The van der Waals surface area contributed by atoms with Crippen LogP contribution in [0.1, 0.15) is 64.7 Å². The molecule has 2 rings (SSSR count). The van der Waals surface area contributed by atoms with Gasteiger partial charge in [-0.25, -0.2) is 0 Å². The van der Waals surface area contributed by atoms with Crippen LogP contribution in [0.4, 0.5) is 0 Å². The molecule has 2 nitrogen and oxygen atoms in total. The summed E-state index contributed by atoms with van der Waals surface area (Å²) in [4.78, 5) is 0. The summed E-state index contributed by atoms with van der Waals surface area (Å²) >= 11 is 0. The fourth-order valence-corrected chi connectivity index (χ4v) is 2.91. The molecule has 0 aliphatic heterocycles. The first-order valence-electron chi connectivity index (χ1n) is 7.69. The van der Waals surface area contributed by atoms with Crippen LogP contribution in [0.5, 0.6) is 0 Å². The standard InChI is InChI=1S/C15H29NO/c1-2-11-16-13-15(9-4-3-5-10-15)17-12-8-14-6-7-14/h14,16H,2-13H2,1H3. The first-order chi connectivity index (χ1) is 8.35. The van der Waals surface area contributed by atoms with Crippen molar-refractivity contribution in [3.63, 3.8) is 0 Å². The summed E-state index contributed by atoms with van der Waals surface area (Å²) in [5.74, 6) is 0.999. The number of ether oxygens (including phenoxy) is 1. The summed E-state index contributed by atoms with van der Waals surface area (Å²) in [5, 5.41) is 3.57. The van der Waals surface area contributed by atoms with E-state index in [0.717, 1.165) is 25.6 Å². The van der Waals surface area contributed by atoms with Crippen LogP contribution in [0.15, 0.2) is 0 Å². The SMILES string of the molecule is CCCNCC1(OCCC2CC2)CCCCC1. The molecule has 0 aromatic heterocycles. The van der Waals surface area contributed by atoms with Crippen molar-refractivity contribution in [3.05, 3.63) is 0 Å². The van der Waals surface area contributed by atoms with Gasteiger partial charge in [-0.05, 0) is 38.1 Å². The maximum atomic E-state index is 6.31. The maximum Gasteiger partial charge on any atom is 0.0806 e. The number of hydrogen-bond donors (Lipinski definition) is 1. The predicted molar refractivity (Wildman–Crippen MR) is 72.3 cm³/mol. The van der Waals surface area contributed by atoms with Crippen molar-refractivity contribution >= 4 is 0 Å². The van der Waals surface area contributed by atoms with Crippen molar-refractivity contribution in [2.45, 2.75) is 70.3 Å². The molecule has 0 amide bonds. The maximum absolute atomic E-state index is 6.31. The Hall–Kier alpha value is -0.0800. The summed E-state index contributed by atoms with van der Waals surface area (Å²) in [6, 6.07) is 0. The topological polar surface area (TPSA) is 21.3 Å². The molecule has 2 saturated carbocycles. The third kappa shape index (κ3) is 4.59. The van der Waals surface area contributed by atoms with Gasteiger partial charge in [-0.1, -0.05) is 39.0 Å². The minimum absolute atomic E-state index is 0.183. The highest BCUT2D eigenvalue weighted by Gasteiger charge is 2.33. The molecule has 0 atom stereocenters. The molecule has 0 aromatic rings. The van der Waals surface area contributed by atoms with Crippen molar-refractivity contribution in [1.82, 2.24) is 5.32 Å². The van der Waals surface area contributed by atoms with Crippen molar-refractivity contribution < 1.29 is 4.74 Å². The van der Waals surface area contributed by atoms with Crippen LogP contribution < -0.4 is 5.32 Å². The molecule has 2 aliphatic carbocycles. The third-order valence-corrected chi connectivity index (χ3v) is 4.27. The van der Waals surface area contributed by atoms with E-state index >= 15 is 0 Å². The summed E-state index contributed by atoms with van der Waals surface area (Å²) in [6.07, 6.45) is 12.1. The summed E-state index contributed by atoms with van der Waals surface area (Å²) in [5.41, 5.74) is 0.183. The quantitative estimate of drug-likeness (QED) is 0.655. The lowest BCUT2D eigenvalue weighted by molar-refractivity contribution is -0.0702. The highest BCUT2D eigenvalue weighted by molar-refractivity contribution is 4.87. The lowest BCUT2D eigenvalue weighted by Crippen LogP contribution is -2.45. The average molecular weight is 239 g/mol. The number of nitrogens with one attached hydrogen (secondary N) is 1. The molecule has 2 aliphatic rings. The smallest absolute Gasteiger partial charge is 0.0806 e. The van der Waals surface area contributed by atoms with E-state index in [-0.39, 0.29) is 5.60 Å². The molecule has 2 heteroatoms. The molecule has 0 spiro atoms. The van der Waals surface area contributed by atoms with Crippen LogP contribution in [0.25, 0.3) is 0 Å². The predicted octanol–water partition coefficient (Wildman–Crippen LogP) is 3.51. The molecule has 0 aromatic carbocycles. The Morgan fingerprint density at radius 1 is 1.18 bits per heavy atom. The summed E-state index contributed by atoms with van der Waals surface area (Å²) in [7, 11) is 0. The molecule has 17 heavy (non-hydrogen) atoms. The average Bonchev–Trinajstić information content (AvgIpc) is 3.15. The van der Waals surface area contributed by atoms with Crippen molar-refractivity contribution in [3.8, 4) is 0 Å². The molecule has 0 radical (unpaired) electrons. The van der Waals surface area contributed by atoms with Gasteiger partial charge in [-0.15, -0.1) is 0 Å². The van der Waals surface area contributed by atoms with Gasteiger partial charge in [-0.3, -0.25) is 0 Å². The van der Waals surface area contributed by atoms with Crippen LogP contribution in [0, 0.1) is 5.92 Å². The highest BCUT2D eigenvalue weighted by Crippen LogP contribution is 2.35. The molecule has 0 unspecified atom stereocenters. The number of rotatable bonds is 8. The van der Waals surface area contributed by atoms with Crippen molar-refractivity contribution in [2.75, 3.05) is 19.7 Å². The minimum Gasteiger partial charge on any atom is -0.374 e. The van der Waals surface area contributed by atoms with Crippen LogP contribution >= 0.6 is 0 Å². The molecule has 1 N–H and O–H groups in total. The normalized spacial score (nSPS) is 23.8. The Morgan fingerprint density at radius 3 is 2.59 bits per heavy atom. The van der Waals surface area contributed by atoms with E-state index < -0.39 is 0 Å². The van der Waals surface area contributed by atoms with E-state index in [2.05, 4.69) is 12.2 Å². The van der Waals surface area contributed by atoms with Gasteiger partial charge < -0.3 is 10.1 Å². The van der Waals surface area contributed by atoms with Gasteiger partial charge in [0.25, 0.3) is 0 Å². The van der Waals surface area contributed by atoms with Crippen LogP contribution in [-0.4, -0.2) is 25.3 Å². The molecule has 0 bridgehead atoms. The van der Waals surface area contributed by atoms with Gasteiger partial charge in [0.2, 0.25) is 0 Å². The Kier molecular flexibility index (Phi) is 5.30. The second kappa shape index (κ2) is 6.75. The van der Waals surface area contributed by atoms with Gasteiger partial charge in [0.05, 0.1) is 5.60 Å². The van der Waals surface area contributed by atoms with E-state index in [4.69, 9.17) is 4.74 Å². The number of hydrogen-bond acceptors (Lipinski definition) is 2. The van der Waals surface area contributed by atoms with Gasteiger partial charge in [0, 0.05) is 13.2 Å². The van der Waals surface area contributed by atoms with E-state index in [0.29, 0.717) is 0 Å². The second-order valence-corrected chi connectivity index (χ2v) is 6.00. The van der Waals surface area contributed by atoms with E-state index in [9.17, 15) is 0 Å². The Balaban J connectivity index is 1.72. The van der Waals surface area contributed by atoms with Crippen LogP contribution in [-0.2, 0) is 4.74 Å². The lowest BCUT2D eigenvalue weighted by Gasteiger charge is -2.37. The molecule has 0 saturated heterocycles. The van der Waals surface area contributed by atoms with Gasteiger partial charge >= 0.3 is 0 Å². The second-order valence-electron chi connectivity index (χ2n) is 6.00. The summed E-state index contributed by atoms with van der Waals surface area (Å²) < 4.78 is 6.31. The molecular formula is C15H29NO. The van der Waals surface area contributed by atoms with E-state index in [1.54, 1.807) is 0 Å². The monoisotopic (exact) mass is 239 g/mol. The Morgan fingerprint density at radius 2 is 1.94 bits per heavy atom. The third-order valence-electron chi connectivity index (χ3n) is 4.27. The van der Waals surface area contributed by atoms with Crippen molar-refractivity contribution in [1.29, 1.82) is 0 Å².